The van der Waals surface area contributed by atoms with Crippen molar-refractivity contribution in [3.8, 4) is 0 Å². The number of nitrogens with zero attached hydrogens (tertiary/aromatic N) is 3. The van der Waals surface area contributed by atoms with E-state index in [0.717, 1.165) is 37.6 Å². The van der Waals surface area contributed by atoms with Gasteiger partial charge in [-0.15, -0.1) is 0 Å². The van der Waals surface area contributed by atoms with Crippen molar-refractivity contribution in [3.05, 3.63) is 27.9 Å². The number of fused-ring (bicyclic) bond motifs is 1. The Balaban J connectivity index is 1.83. The van der Waals surface area contributed by atoms with Crippen molar-refractivity contribution in [1.82, 2.24) is 10.3 Å². The molecule has 2 saturated heterocycles. The van der Waals surface area contributed by atoms with Crippen molar-refractivity contribution >= 4 is 11.5 Å². The molecule has 3 rings (SSSR count). The molecule has 1 N–H and O–H groups in total. The molecule has 1 aromatic rings. The summed E-state index contributed by atoms with van der Waals surface area (Å²) in [6.07, 6.45) is 1.36. The first-order valence-electron chi connectivity index (χ1n) is 6.22. The van der Waals surface area contributed by atoms with Crippen LogP contribution in [-0.2, 0) is 0 Å². The zero-order valence-corrected chi connectivity index (χ0v) is 10.3. The molecule has 0 amide bonds. The fourth-order valence-corrected chi connectivity index (χ4v) is 3.01. The summed E-state index contributed by atoms with van der Waals surface area (Å²) in [6, 6.07) is 1.61. The van der Waals surface area contributed by atoms with E-state index >= 15 is 0 Å². The van der Waals surface area contributed by atoms with E-state index < -0.39 is 4.92 Å². The van der Waals surface area contributed by atoms with Crippen LogP contribution in [0.4, 0.5) is 11.5 Å². The third kappa shape index (κ3) is 1.82. The summed E-state index contributed by atoms with van der Waals surface area (Å²) in [4.78, 5) is 16.8. The van der Waals surface area contributed by atoms with Gasteiger partial charge in [0.05, 0.1) is 4.92 Å². The molecule has 0 aliphatic carbocycles. The molecule has 2 aliphatic rings. The fourth-order valence-electron chi connectivity index (χ4n) is 3.01. The van der Waals surface area contributed by atoms with E-state index in [2.05, 4.69) is 15.2 Å². The molecule has 96 valence electrons. The van der Waals surface area contributed by atoms with Crippen molar-refractivity contribution in [2.75, 3.05) is 31.1 Å². The van der Waals surface area contributed by atoms with Crippen molar-refractivity contribution < 1.29 is 4.92 Å². The van der Waals surface area contributed by atoms with Crippen LogP contribution in [-0.4, -0.2) is 36.1 Å². The minimum Gasteiger partial charge on any atom is -0.356 e. The van der Waals surface area contributed by atoms with E-state index in [1.807, 2.05) is 6.92 Å². The highest BCUT2D eigenvalue weighted by Crippen LogP contribution is 2.31. The Morgan fingerprint density at radius 2 is 2.11 bits per heavy atom. The van der Waals surface area contributed by atoms with E-state index in [1.165, 1.54) is 6.20 Å². The summed E-state index contributed by atoms with van der Waals surface area (Å²) in [5.41, 5.74) is 0.953. The normalized spacial score (nSPS) is 26.4. The molecule has 3 heterocycles. The number of pyridine rings is 1. The molecule has 0 radical (unpaired) electrons. The SMILES string of the molecule is Cc1cc([N+](=O)[O-])cnc1N1C[C@H]2CNC[C@H]2C1. The molecule has 2 fully saturated rings. The van der Waals surface area contributed by atoms with Gasteiger partial charge >= 0.3 is 0 Å². The smallest absolute Gasteiger partial charge is 0.287 e. The maximum Gasteiger partial charge on any atom is 0.287 e. The second-order valence-corrected chi connectivity index (χ2v) is 5.17. The average molecular weight is 248 g/mol. The molecule has 0 bridgehead atoms. The van der Waals surface area contributed by atoms with Crippen molar-refractivity contribution in [1.29, 1.82) is 0 Å². The van der Waals surface area contributed by atoms with Crippen LogP contribution in [0.15, 0.2) is 12.3 Å². The first kappa shape index (κ1) is 11.4. The number of anilines is 1. The molecule has 1 aromatic heterocycles. The monoisotopic (exact) mass is 248 g/mol. The number of aryl methyl sites for hydroxylation is 1. The lowest BCUT2D eigenvalue weighted by Gasteiger charge is -2.20. The van der Waals surface area contributed by atoms with E-state index in [9.17, 15) is 10.1 Å². The summed E-state index contributed by atoms with van der Waals surface area (Å²) < 4.78 is 0. The fraction of sp³-hybridized carbons (Fsp3) is 0.583. The highest BCUT2D eigenvalue weighted by molar-refractivity contribution is 5.51. The minimum atomic E-state index is -0.396. The standard InChI is InChI=1S/C12H16N4O2/c1-8-2-11(16(17)18)5-14-12(8)15-6-9-3-13-4-10(9)7-15/h2,5,9-10,13H,3-4,6-7H2,1H3/t9-,10+. The molecule has 2 aliphatic heterocycles. The molecule has 0 spiro atoms. The Labute approximate surface area is 105 Å². The van der Waals surface area contributed by atoms with Gasteiger partial charge in [-0.05, 0) is 24.3 Å². The Morgan fingerprint density at radius 3 is 2.67 bits per heavy atom. The van der Waals surface area contributed by atoms with Gasteiger partial charge < -0.3 is 10.2 Å². The molecule has 6 heteroatoms. The van der Waals surface area contributed by atoms with E-state index in [0.29, 0.717) is 11.8 Å². The minimum absolute atomic E-state index is 0.0670. The second kappa shape index (κ2) is 4.20. The number of aromatic nitrogens is 1. The van der Waals surface area contributed by atoms with Gasteiger partial charge in [0.2, 0.25) is 0 Å². The van der Waals surface area contributed by atoms with Gasteiger partial charge in [-0.25, -0.2) is 4.98 Å². The Kier molecular flexibility index (Phi) is 2.66. The Bertz CT molecular complexity index is 479. The molecular formula is C12H16N4O2. The average Bonchev–Trinajstić information content (AvgIpc) is 2.88. The number of nitrogens with one attached hydrogen (secondary N) is 1. The van der Waals surface area contributed by atoms with Crippen molar-refractivity contribution in [2.24, 2.45) is 11.8 Å². The van der Waals surface area contributed by atoms with Crippen LogP contribution in [0.2, 0.25) is 0 Å². The van der Waals surface area contributed by atoms with Crippen LogP contribution < -0.4 is 10.2 Å². The maximum absolute atomic E-state index is 10.7. The summed E-state index contributed by atoms with van der Waals surface area (Å²) >= 11 is 0. The number of rotatable bonds is 2. The first-order valence-corrected chi connectivity index (χ1v) is 6.22. The van der Waals surface area contributed by atoms with Gasteiger partial charge in [0.15, 0.2) is 0 Å². The first-order chi connectivity index (χ1) is 8.65. The molecular weight excluding hydrogens is 232 g/mol. The lowest BCUT2D eigenvalue weighted by atomic mass is 10.0. The zero-order valence-electron chi connectivity index (χ0n) is 10.3. The highest BCUT2D eigenvalue weighted by Gasteiger charge is 2.37. The third-order valence-corrected chi connectivity index (χ3v) is 3.94. The van der Waals surface area contributed by atoms with Crippen molar-refractivity contribution in [3.63, 3.8) is 0 Å². The number of nitro groups is 1. The summed E-state index contributed by atoms with van der Waals surface area (Å²) in [5, 5.41) is 14.1. The van der Waals surface area contributed by atoms with E-state index in [1.54, 1.807) is 6.07 Å². The van der Waals surface area contributed by atoms with Gasteiger partial charge in [0.1, 0.15) is 12.0 Å². The van der Waals surface area contributed by atoms with E-state index in [4.69, 9.17) is 0 Å². The summed E-state index contributed by atoms with van der Waals surface area (Å²) in [7, 11) is 0. The van der Waals surface area contributed by atoms with Gasteiger partial charge in [-0.1, -0.05) is 0 Å². The van der Waals surface area contributed by atoms with Crippen LogP contribution >= 0.6 is 0 Å². The van der Waals surface area contributed by atoms with Crippen LogP contribution in [0.3, 0.4) is 0 Å². The predicted octanol–water partition coefficient (Wildman–Crippen LogP) is 0.954. The van der Waals surface area contributed by atoms with Gasteiger partial charge in [0.25, 0.3) is 5.69 Å². The van der Waals surface area contributed by atoms with Crippen LogP contribution in [0.1, 0.15) is 5.56 Å². The predicted molar refractivity (Wildman–Crippen MR) is 67.7 cm³/mol. The quantitative estimate of drug-likeness (QED) is 0.623. The topological polar surface area (TPSA) is 71.3 Å². The second-order valence-electron chi connectivity index (χ2n) is 5.17. The lowest BCUT2D eigenvalue weighted by Crippen LogP contribution is -2.26. The molecule has 6 nitrogen and oxygen atoms in total. The van der Waals surface area contributed by atoms with E-state index in [-0.39, 0.29) is 5.69 Å². The lowest BCUT2D eigenvalue weighted by molar-refractivity contribution is -0.385. The Hall–Kier alpha value is -1.69. The van der Waals surface area contributed by atoms with Gasteiger partial charge in [-0.3, -0.25) is 10.1 Å². The Morgan fingerprint density at radius 1 is 1.44 bits per heavy atom. The van der Waals surface area contributed by atoms with Crippen LogP contribution in [0, 0.1) is 28.9 Å². The van der Waals surface area contributed by atoms with Gasteiger partial charge in [0, 0.05) is 32.2 Å². The van der Waals surface area contributed by atoms with Crippen molar-refractivity contribution in [2.45, 2.75) is 6.92 Å². The number of hydrogen-bond donors (Lipinski definition) is 1. The third-order valence-electron chi connectivity index (χ3n) is 3.94. The van der Waals surface area contributed by atoms with Crippen LogP contribution in [0.5, 0.6) is 0 Å². The molecule has 2 atom stereocenters. The largest absolute Gasteiger partial charge is 0.356 e. The maximum atomic E-state index is 10.7. The zero-order chi connectivity index (χ0) is 12.7. The molecule has 0 saturated carbocycles. The summed E-state index contributed by atoms with van der Waals surface area (Å²) in [5.74, 6) is 2.29. The highest BCUT2D eigenvalue weighted by atomic mass is 16.6. The van der Waals surface area contributed by atoms with Crippen LogP contribution in [0.25, 0.3) is 0 Å². The molecule has 0 unspecified atom stereocenters. The molecule has 0 aromatic carbocycles. The molecule has 18 heavy (non-hydrogen) atoms. The van der Waals surface area contributed by atoms with Gasteiger partial charge in [-0.2, -0.15) is 0 Å². The number of hydrogen-bond acceptors (Lipinski definition) is 5. The summed E-state index contributed by atoms with van der Waals surface area (Å²) in [6.45, 7) is 6.05.